The van der Waals surface area contributed by atoms with Crippen LogP contribution < -0.4 is 14.5 Å². The summed E-state index contributed by atoms with van der Waals surface area (Å²) in [4.78, 5) is 26.9. The molecule has 170 valence electrons. The van der Waals surface area contributed by atoms with Crippen molar-refractivity contribution in [2.24, 2.45) is 0 Å². The highest BCUT2D eigenvalue weighted by atomic mass is 19.1. The Hall–Kier alpha value is -3.48. The van der Waals surface area contributed by atoms with Gasteiger partial charge in [0.1, 0.15) is 11.6 Å². The smallest absolute Gasteiger partial charge is 0.225 e. The van der Waals surface area contributed by atoms with Crippen molar-refractivity contribution in [3.8, 4) is 5.75 Å². The Morgan fingerprint density at radius 3 is 2.33 bits per heavy atom. The maximum absolute atomic E-state index is 14.4. The number of methoxy groups -OCH3 is 1. The zero-order valence-electron chi connectivity index (χ0n) is 18.9. The van der Waals surface area contributed by atoms with Crippen LogP contribution in [-0.4, -0.2) is 49.0 Å². The van der Waals surface area contributed by atoms with E-state index in [1.54, 1.807) is 19.2 Å². The molecule has 2 aliphatic rings. The number of aryl methyl sites for hydroxylation is 1. The van der Waals surface area contributed by atoms with E-state index in [0.717, 1.165) is 43.3 Å². The van der Waals surface area contributed by atoms with Gasteiger partial charge in [0, 0.05) is 38.3 Å². The second-order valence-electron chi connectivity index (χ2n) is 8.65. The minimum atomic E-state index is -0.264. The topological polar surface area (TPSA) is 58.6 Å². The van der Waals surface area contributed by atoms with Crippen LogP contribution >= 0.6 is 0 Å². The highest BCUT2D eigenvalue weighted by Gasteiger charge is 2.32. The van der Waals surface area contributed by atoms with Crippen molar-refractivity contribution in [1.82, 2.24) is 9.97 Å². The van der Waals surface area contributed by atoms with E-state index in [1.807, 2.05) is 25.1 Å². The van der Waals surface area contributed by atoms with Crippen LogP contribution in [0.5, 0.6) is 5.75 Å². The van der Waals surface area contributed by atoms with Crippen molar-refractivity contribution in [3.05, 3.63) is 76.9 Å². The van der Waals surface area contributed by atoms with Gasteiger partial charge < -0.3 is 14.5 Å². The molecule has 0 spiro atoms. The van der Waals surface area contributed by atoms with Crippen molar-refractivity contribution in [2.45, 2.75) is 25.7 Å². The number of ether oxygens (including phenoxy) is 1. The number of ketones is 1. The summed E-state index contributed by atoms with van der Waals surface area (Å²) >= 11 is 0. The van der Waals surface area contributed by atoms with Crippen LogP contribution in [0.3, 0.4) is 0 Å². The second-order valence-corrected chi connectivity index (χ2v) is 8.65. The molecule has 1 fully saturated rings. The molecule has 1 aromatic heterocycles. The summed E-state index contributed by atoms with van der Waals surface area (Å²) < 4.78 is 19.6. The largest absolute Gasteiger partial charge is 0.497 e. The Balaban J connectivity index is 1.34. The number of anilines is 2. The molecule has 0 bridgehead atoms. The monoisotopic (exact) mass is 446 g/mol. The Labute approximate surface area is 193 Å². The number of hydrogen-bond donors (Lipinski definition) is 0. The van der Waals surface area contributed by atoms with E-state index in [2.05, 4.69) is 26.9 Å². The van der Waals surface area contributed by atoms with Gasteiger partial charge in [0.15, 0.2) is 5.78 Å². The summed E-state index contributed by atoms with van der Waals surface area (Å²) in [5.74, 6) is 1.04. The Bertz CT molecular complexity index is 1170. The van der Waals surface area contributed by atoms with Gasteiger partial charge in [0.05, 0.1) is 24.1 Å². The van der Waals surface area contributed by atoms with Crippen molar-refractivity contribution in [1.29, 1.82) is 0 Å². The van der Waals surface area contributed by atoms with Gasteiger partial charge in [0.2, 0.25) is 5.95 Å². The number of benzene rings is 2. The number of piperazine rings is 1. The summed E-state index contributed by atoms with van der Waals surface area (Å²) in [6.07, 6.45) is 0.836. The van der Waals surface area contributed by atoms with Crippen LogP contribution in [0.2, 0.25) is 0 Å². The number of carbonyl (C=O) groups excluding carboxylic acids is 1. The number of aromatic nitrogens is 2. The Morgan fingerprint density at radius 1 is 0.939 bits per heavy atom. The molecular formula is C26H27FN4O2. The Morgan fingerprint density at radius 2 is 1.64 bits per heavy atom. The van der Waals surface area contributed by atoms with E-state index >= 15 is 0 Å². The fraction of sp³-hybridized carbons (Fsp3) is 0.346. The number of nitrogens with zero attached hydrogens (tertiary/aromatic N) is 4. The standard InChI is InChI=1S/C26H27FN4O2/c1-17-25-23(15-18(16-24(25)32)21-5-3-4-6-22(21)27)29-26(28-17)31-13-11-30(12-14-31)19-7-9-20(33-2)10-8-19/h3-10,18H,11-16H2,1-2H3. The van der Waals surface area contributed by atoms with Gasteiger partial charge in [-0.15, -0.1) is 0 Å². The minimum Gasteiger partial charge on any atom is -0.497 e. The number of Topliss-reactive ketones (excluding diaryl/α,β-unsaturated/α-hetero) is 1. The lowest BCUT2D eigenvalue weighted by molar-refractivity contribution is 0.0961. The highest BCUT2D eigenvalue weighted by Crippen LogP contribution is 2.35. The molecule has 1 aliphatic carbocycles. The van der Waals surface area contributed by atoms with Crippen molar-refractivity contribution in [2.75, 3.05) is 43.1 Å². The molecule has 6 nitrogen and oxygen atoms in total. The van der Waals surface area contributed by atoms with Crippen molar-refractivity contribution < 1.29 is 13.9 Å². The zero-order valence-corrected chi connectivity index (χ0v) is 18.9. The first-order valence-electron chi connectivity index (χ1n) is 11.3. The minimum absolute atomic E-state index is 0.00196. The van der Waals surface area contributed by atoms with Crippen LogP contribution in [0.4, 0.5) is 16.0 Å². The fourth-order valence-corrected chi connectivity index (χ4v) is 4.88. The third-order valence-corrected chi connectivity index (χ3v) is 6.65. The second kappa shape index (κ2) is 8.81. The Kier molecular flexibility index (Phi) is 5.70. The quantitative estimate of drug-likeness (QED) is 0.600. The lowest BCUT2D eigenvalue weighted by atomic mass is 9.81. The average molecular weight is 447 g/mol. The van der Waals surface area contributed by atoms with Gasteiger partial charge in [0.25, 0.3) is 0 Å². The van der Waals surface area contributed by atoms with Crippen molar-refractivity contribution >= 4 is 17.4 Å². The first-order valence-corrected chi connectivity index (χ1v) is 11.3. The molecular weight excluding hydrogens is 419 g/mol. The predicted octanol–water partition coefficient (Wildman–Crippen LogP) is 4.17. The third-order valence-electron chi connectivity index (χ3n) is 6.65. The van der Waals surface area contributed by atoms with E-state index < -0.39 is 0 Å². The van der Waals surface area contributed by atoms with Gasteiger partial charge >= 0.3 is 0 Å². The molecule has 0 saturated carbocycles. The lowest BCUT2D eigenvalue weighted by Crippen LogP contribution is -2.47. The van der Waals surface area contributed by atoms with E-state index in [0.29, 0.717) is 29.2 Å². The first-order chi connectivity index (χ1) is 16.0. The summed E-state index contributed by atoms with van der Waals surface area (Å²) in [5.41, 5.74) is 3.81. The summed E-state index contributed by atoms with van der Waals surface area (Å²) in [6.45, 7) is 5.15. The summed E-state index contributed by atoms with van der Waals surface area (Å²) in [6, 6.07) is 14.8. The summed E-state index contributed by atoms with van der Waals surface area (Å²) in [5, 5.41) is 0. The highest BCUT2D eigenvalue weighted by molar-refractivity contribution is 5.99. The third kappa shape index (κ3) is 4.15. The van der Waals surface area contributed by atoms with Crippen LogP contribution in [0.25, 0.3) is 0 Å². The van der Waals surface area contributed by atoms with E-state index in [4.69, 9.17) is 9.72 Å². The van der Waals surface area contributed by atoms with E-state index in [9.17, 15) is 9.18 Å². The average Bonchev–Trinajstić information content (AvgIpc) is 2.84. The number of hydrogen-bond acceptors (Lipinski definition) is 6. The fourth-order valence-electron chi connectivity index (χ4n) is 4.88. The van der Waals surface area contributed by atoms with Gasteiger partial charge in [-0.2, -0.15) is 0 Å². The van der Waals surface area contributed by atoms with Gasteiger partial charge in [-0.25, -0.2) is 14.4 Å². The number of halogens is 1. The zero-order chi connectivity index (χ0) is 22.9. The molecule has 1 unspecified atom stereocenters. The maximum atomic E-state index is 14.4. The predicted molar refractivity (Wildman–Crippen MR) is 126 cm³/mol. The molecule has 1 aliphatic heterocycles. The van der Waals surface area contributed by atoms with Crippen LogP contribution in [0.15, 0.2) is 48.5 Å². The van der Waals surface area contributed by atoms with Gasteiger partial charge in [-0.05, 0) is 55.2 Å². The molecule has 33 heavy (non-hydrogen) atoms. The number of fused-ring (bicyclic) bond motifs is 1. The molecule has 2 aromatic carbocycles. The normalized spacial score (nSPS) is 18.3. The first kappa shape index (κ1) is 21.4. The molecule has 2 heterocycles. The molecule has 7 heteroatoms. The SMILES string of the molecule is COc1ccc(N2CCN(c3nc(C)c4c(n3)CC(c3ccccc3F)CC4=O)CC2)cc1. The molecule has 5 rings (SSSR count). The van der Waals surface area contributed by atoms with Crippen LogP contribution in [-0.2, 0) is 6.42 Å². The molecule has 0 radical (unpaired) electrons. The molecule has 3 aromatic rings. The number of rotatable bonds is 4. The molecule has 0 amide bonds. The molecule has 1 atom stereocenters. The summed E-state index contributed by atoms with van der Waals surface area (Å²) in [7, 11) is 1.67. The number of carbonyl (C=O) groups is 1. The van der Waals surface area contributed by atoms with E-state index in [-0.39, 0.29) is 23.9 Å². The van der Waals surface area contributed by atoms with Crippen LogP contribution in [0, 0.1) is 12.7 Å². The van der Waals surface area contributed by atoms with Crippen molar-refractivity contribution in [3.63, 3.8) is 0 Å². The molecule has 1 saturated heterocycles. The maximum Gasteiger partial charge on any atom is 0.225 e. The van der Waals surface area contributed by atoms with E-state index in [1.165, 1.54) is 6.07 Å². The van der Waals surface area contributed by atoms with Crippen LogP contribution in [0.1, 0.15) is 39.6 Å². The molecule has 0 N–H and O–H groups in total. The van der Waals surface area contributed by atoms with Gasteiger partial charge in [-0.1, -0.05) is 18.2 Å². The lowest BCUT2D eigenvalue weighted by Gasteiger charge is -2.36. The van der Waals surface area contributed by atoms with Gasteiger partial charge in [-0.3, -0.25) is 4.79 Å².